The number of nitrogens with one attached hydrogen (secondary N) is 2. The van der Waals surface area contributed by atoms with Crippen LogP contribution in [0.2, 0.25) is 0 Å². The molecular formula is C16H14N6OS. The molecule has 1 amide bonds. The van der Waals surface area contributed by atoms with Gasteiger partial charge in [-0.05, 0) is 12.1 Å². The van der Waals surface area contributed by atoms with E-state index < -0.39 is 0 Å². The molecule has 4 rings (SSSR count). The second-order valence-electron chi connectivity index (χ2n) is 5.17. The fourth-order valence-electron chi connectivity index (χ4n) is 2.76. The lowest BCUT2D eigenvalue weighted by Crippen LogP contribution is -2.35. The third kappa shape index (κ3) is 2.36. The lowest BCUT2D eigenvalue weighted by Gasteiger charge is -2.08. The monoisotopic (exact) mass is 338 g/mol. The quantitative estimate of drug-likeness (QED) is 0.335. The lowest BCUT2D eigenvalue weighted by atomic mass is 10.1. The Kier molecular flexibility index (Phi) is 3.75. The maximum atomic E-state index is 11.7. The van der Waals surface area contributed by atoms with Gasteiger partial charge in [0.1, 0.15) is 0 Å². The number of pyridine rings is 2. The van der Waals surface area contributed by atoms with Crippen LogP contribution in [0.5, 0.6) is 0 Å². The van der Waals surface area contributed by atoms with Crippen molar-refractivity contribution in [2.24, 2.45) is 0 Å². The van der Waals surface area contributed by atoms with Crippen molar-refractivity contribution < 1.29 is 4.79 Å². The van der Waals surface area contributed by atoms with Crippen LogP contribution in [-0.2, 0) is 4.79 Å². The zero-order valence-corrected chi connectivity index (χ0v) is 13.7. The number of nitrogens with zero attached hydrogens (tertiary/aromatic N) is 4. The molecule has 0 aliphatic carbocycles. The van der Waals surface area contributed by atoms with Gasteiger partial charge in [0.15, 0.2) is 10.8 Å². The average Bonchev–Trinajstić information content (AvgIpc) is 3.05. The van der Waals surface area contributed by atoms with E-state index in [-0.39, 0.29) is 11.7 Å². The molecule has 0 fully saturated rings. The minimum atomic E-state index is -0.117. The van der Waals surface area contributed by atoms with Crippen molar-refractivity contribution in [3.05, 3.63) is 42.7 Å². The molecule has 0 atom stereocenters. The van der Waals surface area contributed by atoms with Gasteiger partial charge in [0.2, 0.25) is 5.91 Å². The highest BCUT2D eigenvalue weighted by molar-refractivity contribution is 7.99. The Hall–Kier alpha value is -2.71. The molecule has 0 unspecified atom stereocenters. The number of aromatic nitrogens is 4. The first kappa shape index (κ1) is 14.9. The van der Waals surface area contributed by atoms with E-state index in [2.05, 4.69) is 32.1 Å². The SMILES string of the molecule is CNNC(=O)CSc1nnc2c3ccncc3c3ccccc3n12. The number of hydrazine groups is 1. The first-order chi connectivity index (χ1) is 11.8. The number of para-hydroxylation sites is 1. The van der Waals surface area contributed by atoms with Crippen LogP contribution in [-0.4, -0.2) is 38.3 Å². The van der Waals surface area contributed by atoms with Gasteiger partial charge in [0.05, 0.1) is 11.3 Å². The van der Waals surface area contributed by atoms with E-state index in [4.69, 9.17) is 0 Å². The Morgan fingerprint density at radius 1 is 1.17 bits per heavy atom. The molecule has 2 N–H and O–H groups in total. The van der Waals surface area contributed by atoms with Gasteiger partial charge < -0.3 is 0 Å². The number of rotatable bonds is 4. The summed E-state index contributed by atoms with van der Waals surface area (Å²) in [7, 11) is 1.66. The van der Waals surface area contributed by atoms with Gasteiger partial charge in [-0.2, -0.15) is 0 Å². The van der Waals surface area contributed by atoms with Crippen molar-refractivity contribution in [2.75, 3.05) is 12.8 Å². The number of hydrogen-bond acceptors (Lipinski definition) is 6. The zero-order chi connectivity index (χ0) is 16.5. The van der Waals surface area contributed by atoms with Gasteiger partial charge in [0, 0.05) is 35.6 Å². The molecule has 120 valence electrons. The molecule has 0 spiro atoms. The standard InChI is InChI=1S/C16H14N6OS/c1-17-19-14(23)9-24-16-21-20-15-11-6-7-18-8-12(11)10-4-2-3-5-13(10)22(15)16/h2-8,17H,9H2,1H3,(H,19,23). The van der Waals surface area contributed by atoms with Gasteiger partial charge in [-0.1, -0.05) is 30.0 Å². The topological polar surface area (TPSA) is 84.2 Å². The number of amides is 1. The third-order valence-electron chi connectivity index (χ3n) is 3.73. The van der Waals surface area contributed by atoms with Crippen LogP contribution in [0.15, 0.2) is 47.9 Å². The largest absolute Gasteiger partial charge is 0.291 e. The summed E-state index contributed by atoms with van der Waals surface area (Å²) in [6.07, 6.45) is 3.60. The Morgan fingerprint density at radius 2 is 2.04 bits per heavy atom. The number of thioether (sulfide) groups is 1. The van der Waals surface area contributed by atoms with Crippen molar-refractivity contribution in [3.63, 3.8) is 0 Å². The third-order valence-corrected chi connectivity index (χ3v) is 4.66. The Balaban J connectivity index is 1.93. The van der Waals surface area contributed by atoms with Gasteiger partial charge >= 0.3 is 0 Å². The maximum absolute atomic E-state index is 11.7. The molecule has 7 nitrogen and oxygen atoms in total. The normalized spacial score (nSPS) is 11.4. The molecule has 24 heavy (non-hydrogen) atoms. The van der Waals surface area contributed by atoms with E-state index in [1.165, 1.54) is 11.8 Å². The molecule has 1 aromatic carbocycles. The van der Waals surface area contributed by atoms with Gasteiger partial charge in [0.25, 0.3) is 0 Å². The Bertz CT molecular complexity index is 1060. The van der Waals surface area contributed by atoms with E-state index >= 15 is 0 Å². The van der Waals surface area contributed by atoms with Crippen molar-refractivity contribution in [1.82, 2.24) is 30.4 Å². The zero-order valence-electron chi connectivity index (χ0n) is 12.9. The van der Waals surface area contributed by atoms with Crippen molar-refractivity contribution in [1.29, 1.82) is 0 Å². The summed E-state index contributed by atoms with van der Waals surface area (Å²) < 4.78 is 2.00. The second-order valence-corrected chi connectivity index (χ2v) is 6.11. The first-order valence-corrected chi connectivity index (χ1v) is 8.36. The van der Waals surface area contributed by atoms with E-state index in [1.807, 2.05) is 34.9 Å². The second kappa shape index (κ2) is 6.06. The molecule has 3 heterocycles. The minimum absolute atomic E-state index is 0.117. The first-order valence-electron chi connectivity index (χ1n) is 7.37. The van der Waals surface area contributed by atoms with Crippen LogP contribution in [0.4, 0.5) is 0 Å². The van der Waals surface area contributed by atoms with Crippen LogP contribution in [0.1, 0.15) is 0 Å². The van der Waals surface area contributed by atoms with Crippen LogP contribution in [0.3, 0.4) is 0 Å². The fraction of sp³-hybridized carbons (Fsp3) is 0.125. The lowest BCUT2D eigenvalue weighted by molar-refractivity contribution is -0.119. The molecule has 0 aliphatic rings. The van der Waals surface area contributed by atoms with Crippen molar-refractivity contribution in [2.45, 2.75) is 5.16 Å². The number of hydrogen-bond donors (Lipinski definition) is 2. The average molecular weight is 338 g/mol. The molecule has 0 aliphatic heterocycles. The van der Waals surface area contributed by atoms with Crippen LogP contribution >= 0.6 is 11.8 Å². The highest BCUT2D eigenvalue weighted by Crippen LogP contribution is 2.30. The summed E-state index contributed by atoms with van der Waals surface area (Å²) in [5.41, 5.74) is 6.93. The molecular weight excluding hydrogens is 324 g/mol. The highest BCUT2D eigenvalue weighted by atomic mass is 32.2. The molecule has 0 radical (unpaired) electrons. The molecule has 0 saturated heterocycles. The molecule has 0 saturated carbocycles. The Morgan fingerprint density at radius 3 is 2.92 bits per heavy atom. The molecule has 3 aromatic heterocycles. The summed E-state index contributed by atoms with van der Waals surface area (Å²) in [4.78, 5) is 15.9. The van der Waals surface area contributed by atoms with E-state index in [0.717, 1.165) is 27.3 Å². The smallest absolute Gasteiger partial charge is 0.244 e. The van der Waals surface area contributed by atoms with Crippen LogP contribution in [0.25, 0.3) is 27.3 Å². The van der Waals surface area contributed by atoms with Crippen LogP contribution in [0, 0.1) is 0 Å². The van der Waals surface area contributed by atoms with Gasteiger partial charge in [-0.3, -0.25) is 19.6 Å². The maximum Gasteiger partial charge on any atom is 0.244 e. The molecule has 0 bridgehead atoms. The Labute approximate surface area is 141 Å². The molecule has 8 heteroatoms. The van der Waals surface area contributed by atoms with Crippen LogP contribution < -0.4 is 10.9 Å². The number of carbonyl (C=O) groups is 1. The van der Waals surface area contributed by atoms with Crippen molar-refractivity contribution >= 4 is 45.0 Å². The van der Waals surface area contributed by atoms with E-state index in [0.29, 0.717) is 5.16 Å². The van der Waals surface area contributed by atoms with E-state index in [1.54, 1.807) is 13.2 Å². The number of benzene rings is 1. The van der Waals surface area contributed by atoms with Gasteiger partial charge in [-0.15, -0.1) is 10.2 Å². The minimum Gasteiger partial charge on any atom is -0.291 e. The summed E-state index contributed by atoms with van der Waals surface area (Å²) in [5, 5.41) is 12.4. The summed E-state index contributed by atoms with van der Waals surface area (Å²) in [5.74, 6) is 0.137. The predicted molar refractivity (Wildman–Crippen MR) is 93.7 cm³/mol. The number of carbonyl (C=O) groups excluding carboxylic acids is 1. The summed E-state index contributed by atoms with van der Waals surface area (Å²) in [6.45, 7) is 0. The predicted octanol–water partition coefficient (Wildman–Crippen LogP) is 1.77. The van der Waals surface area contributed by atoms with E-state index in [9.17, 15) is 4.79 Å². The van der Waals surface area contributed by atoms with Gasteiger partial charge in [-0.25, -0.2) is 5.43 Å². The summed E-state index contributed by atoms with van der Waals surface area (Å²) in [6, 6.07) is 10.00. The fourth-order valence-corrected chi connectivity index (χ4v) is 3.51. The van der Waals surface area contributed by atoms with Crippen molar-refractivity contribution in [3.8, 4) is 0 Å². The number of fused-ring (bicyclic) bond motifs is 6. The highest BCUT2D eigenvalue weighted by Gasteiger charge is 2.15. The molecule has 4 aromatic rings. The summed E-state index contributed by atoms with van der Waals surface area (Å²) >= 11 is 1.35.